The molecule has 3 atom stereocenters. The molecule has 1 aliphatic rings. The molecule has 2 heterocycles. The quantitative estimate of drug-likeness (QED) is 0.790. The second-order valence-electron chi connectivity index (χ2n) is 7.56. The van der Waals surface area contributed by atoms with Crippen molar-refractivity contribution in [2.24, 2.45) is 0 Å². The SMILES string of the molecule is C[C@H](c1c(O)c2ccccc2[nH]c1=O)[C@@]1(C)CC[C@@H](O)C(C)(C)O1. The third kappa shape index (κ3) is 2.62. The maximum atomic E-state index is 12.6. The first kappa shape index (κ1) is 17.0. The molecule has 1 aromatic heterocycles. The highest BCUT2D eigenvalue weighted by Gasteiger charge is 2.47. The number of hydrogen-bond donors (Lipinski definition) is 3. The van der Waals surface area contributed by atoms with Gasteiger partial charge in [0.15, 0.2) is 0 Å². The predicted octanol–water partition coefficient (Wildman–Crippen LogP) is 3.05. The van der Waals surface area contributed by atoms with Crippen LogP contribution in [0.25, 0.3) is 10.9 Å². The van der Waals surface area contributed by atoms with Crippen LogP contribution in [0.3, 0.4) is 0 Å². The molecule has 2 aromatic rings. The van der Waals surface area contributed by atoms with Crippen LogP contribution in [0.2, 0.25) is 0 Å². The third-order valence-corrected chi connectivity index (χ3v) is 5.49. The molecule has 0 amide bonds. The third-order valence-electron chi connectivity index (χ3n) is 5.49. The zero-order valence-corrected chi connectivity index (χ0v) is 14.6. The van der Waals surface area contributed by atoms with Gasteiger partial charge in [0.2, 0.25) is 0 Å². The average molecular weight is 331 g/mol. The van der Waals surface area contributed by atoms with Crippen molar-refractivity contribution in [1.29, 1.82) is 0 Å². The number of nitrogens with one attached hydrogen (secondary N) is 1. The summed E-state index contributed by atoms with van der Waals surface area (Å²) in [6, 6.07) is 7.20. The molecule has 0 spiro atoms. The minimum atomic E-state index is -0.694. The van der Waals surface area contributed by atoms with E-state index in [1.54, 1.807) is 12.1 Å². The van der Waals surface area contributed by atoms with Gasteiger partial charge in [-0.05, 0) is 45.7 Å². The molecule has 0 saturated carbocycles. The van der Waals surface area contributed by atoms with E-state index in [9.17, 15) is 15.0 Å². The highest BCUT2D eigenvalue weighted by Crippen LogP contribution is 2.45. The minimum Gasteiger partial charge on any atom is -0.507 e. The van der Waals surface area contributed by atoms with Crippen molar-refractivity contribution < 1.29 is 14.9 Å². The van der Waals surface area contributed by atoms with Crippen LogP contribution in [0.4, 0.5) is 0 Å². The fourth-order valence-electron chi connectivity index (χ4n) is 3.74. The van der Waals surface area contributed by atoms with Gasteiger partial charge in [-0.3, -0.25) is 4.79 Å². The first-order chi connectivity index (χ1) is 11.2. The smallest absolute Gasteiger partial charge is 0.255 e. The van der Waals surface area contributed by atoms with Crippen molar-refractivity contribution >= 4 is 10.9 Å². The Labute approximate surface area is 141 Å². The van der Waals surface area contributed by atoms with E-state index in [4.69, 9.17) is 4.74 Å². The van der Waals surface area contributed by atoms with Gasteiger partial charge >= 0.3 is 0 Å². The van der Waals surface area contributed by atoms with E-state index in [0.717, 1.165) is 0 Å². The second kappa shape index (κ2) is 5.60. The standard InChI is InChI=1S/C19H25NO4/c1-11(19(4)10-9-14(21)18(2,3)24-19)15-16(22)12-7-5-6-8-13(12)20-17(15)23/h5-8,11,14,21H,9-10H2,1-4H3,(H2,20,22,23)/t11-,14-,19-/m1/s1. The Hall–Kier alpha value is -1.85. The van der Waals surface area contributed by atoms with Crippen molar-refractivity contribution in [2.75, 3.05) is 0 Å². The van der Waals surface area contributed by atoms with E-state index < -0.39 is 17.3 Å². The summed E-state index contributed by atoms with van der Waals surface area (Å²) in [5, 5.41) is 21.5. The number of aromatic nitrogens is 1. The Kier molecular flexibility index (Phi) is 3.97. The molecule has 1 aromatic carbocycles. The van der Waals surface area contributed by atoms with Gasteiger partial charge in [-0.2, -0.15) is 0 Å². The molecule has 0 aliphatic carbocycles. The summed E-state index contributed by atoms with van der Waals surface area (Å²) in [4.78, 5) is 15.4. The summed E-state index contributed by atoms with van der Waals surface area (Å²) in [5.74, 6) is -0.312. The number of aromatic amines is 1. The minimum absolute atomic E-state index is 0.00982. The number of ether oxygens (including phenoxy) is 1. The number of rotatable bonds is 2. The molecule has 5 nitrogen and oxygen atoms in total. The number of hydrogen-bond acceptors (Lipinski definition) is 4. The maximum Gasteiger partial charge on any atom is 0.255 e. The number of aliphatic hydroxyl groups excluding tert-OH is 1. The number of pyridine rings is 1. The molecular formula is C19H25NO4. The lowest BCUT2D eigenvalue weighted by molar-refractivity contribution is -0.221. The fraction of sp³-hybridized carbons (Fsp3) is 0.526. The molecule has 0 unspecified atom stereocenters. The number of aromatic hydroxyl groups is 1. The van der Waals surface area contributed by atoms with Gasteiger partial charge in [-0.1, -0.05) is 19.1 Å². The van der Waals surface area contributed by atoms with E-state index in [2.05, 4.69) is 4.98 Å². The van der Waals surface area contributed by atoms with E-state index in [1.807, 2.05) is 39.8 Å². The summed E-state index contributed by atoms with van der Waals surface area (Å²) < 4.78 is 6.20. The Balaban J connectivity index is 2.09. The van der Waals surface area contributed by atoms with Crippen LogP contribution in [0.15, 0.2) is 29.1 Å². The van der Waals surface area contributed by atoms with Crippen LogP contribution in [0.1, 0.15) is 52.0 Å². The molecule has 1 fully saturated rings. The van der Waals surface area contributed by atoms with Crippen molar-refractivity contribution in [3.63, 3.8) is 0 Å². The van der Waals surface area contributed by atoms with E-state index in [-0.39, 0.29) is 17.2 Å². The molecule has 130 valence electrons. The normalized spacial score (nSPS) is 28.0. The van der Waals surface area contributed by atoms with E-state index in [0.29, 0.717) is 29.3 Å². The van der Waals surface area contributed by atoms with Crippen LogP contribution in [-0.4, -0.2) is 32.5 Å². The molecule has 3 N–H and O–H groups in total. The number of fused-ring (bicyclic) bond motifs is 1. The van der Waals surface area contributed by atoms with Gasteiger partial charge in [-0.15, -0.1) is 0 Å². The Morgan fingerprint density at radius 1 is 1.29 bits per heavy atom. The molecule has 1 aliphatic heterocycles. The largest absolute Gasteiger partial charge is 0.507 e. The van der Waals surface area contributed by atoms with Crippen LogP contribution in [0.5, 0.6) is 5.75 Å². The van der Waals surface area contributed by atoms with Gasteiger partial charge in [-0.25, -0.2) is 0 Å². The van der Waals surface area contributed by atoms with Crippen LogP contribution in [-0.2, 0) is 4.74 Å². The molecule has 0 radical (unpaired) electrons. The number of benzene rings is 1. The highest BCUT2D eigenvalue weighted by molar-refractivity contribution is 5.85. The molecule has 24 heavy (non-hydrogen) atoms. The molecule has 0 bridgehead atoms. The predicted molar refractivity (Wildman–Crippen MR) is 93.5 cm³/mol. The Morgan fingerprint density at radius 3 is 2.62 bits per heavy atom. The first-order valence-electron chi connectivity index (χ1n) is 8.38. The molecule has 1 saturated heterocycles. The summed E-state index contributed by atoms with van der Waals surface area (Å²) in [5.41, 5.74) is -0.687. The second-order valence-corrected chi connectivity index (χ2v) is 7.56. The molecule has 3 rings (SSSR count). The zero-order valence-electron chi connectivity index (χ0n) is 14.6. The van der Waals surface area contributed by atoms with Crippen LogP contribution in [0, 0.1) is 0 Å². The zero-order chi connectivity index (χ0) is 17.7. The summed E-state index contributed by atoms with van der Waals surface area (Å²) in [6.45, 7) is 7.55. The van der Waals surface area contributed by atoms with E-state index in [1.165, 1.54) is 0 Å². The monoisotopic (exact) mass is 331 g/mol. The van der Waals surface area contributed by atoms with Gasteiger partial charge in [0.25, 0.3) is 5.56 Å². The Morgan fingerprint density at radius 2 is 1.96 bits per heavy atom. The van der Waals surface area contributed by atoms with Crippen LogP contribution >= 0.6 is 0 Å². The molecule has 5 heteroatoms. The first-order valence-corrected chi connectivity index (χ1v) is 8.38. The van der Waals surface area contributed by atoms with E-state index >= 15 is 0 Å². The number of para-hydroxylation sites is 1. The van der Waals surface area contributed by atoms with Crippen LogP contribution < -0.4 is 5.56 Å². The fourth-order valence-corrected chi connectivity index (χ4v) is 3.74. The van der Waals surface area contributed by atoms with Crippen molar-refractivity contribution in [3.05, 3.63) is 40.2 Å². The molecular weight excluding hydrogens is 306 g/mol. The van der Waals surface area contributed by atoms with Gasteiger partial charge < -0.3 is 19.9 Å². The van der Waals surface area contributed by atoms with Gasteiger partial charge in [0, 0.05) is 11.3 Å². The maximum absolute atomic E-state index is 12.6. The lowest BCUT2D eigenvalue weighted by atomic mass is 9.76. The highest BCUT2D eigenvalue weighted by atomic mass is 16.5. The van der Waals surface area contributed by atoms with Gasteiger partial charge in [0.05, 0.1) is 28.4 Å². The van der Waals surface area contributed by atoms with Crippen molar-refractivity contribution in [3.8, 4) is 5.75 Å². The lowest BCUT2D eigenvalue weighted by Crippen LogP contribution is -2.54. The number of aliphatic hydroxyl groups is 1. The average Bonchev–Trinajstić information content (AvgIpc) is 2.51. The summed E-state index contributed by atoms with van der Waals surface area (Å²) in [7, 11) is 0. The number of H-pyrrole nitrogens is 1. The van der Waals surface area contributed by atoms with Crippen molar-refractivity contribution in [2.45, 2.75) is 63.8 Å². The Bertz CT molecular complexity index is 826. The topological polar surface area (TPSA) is 82.5 Å². The lowest BCUT2D eigenvalue weighted by Gasteiger charge is -2.49. The summed E-state index contributed by atoms with van der Waals surface area (Å²) in [6.07, 6.45) is 0.672. The van der Waals surface area contributed by atoms with Gasteiger partial charge in [0.1, 0.15) is 5.75 Å². The van der Waals surface area contributed by atoms with Crippen molar-refractivity contribution in [1.82, 2.24) is 4.98 Å². The summed E-state index contributed by atoms with van der Waals surface area (Å²) >= 11 is 0.